The molecule has 8 aromatic rings. The molecule has 0 aromatic carbocycles. The lowest BCUT2D eigenvalue weighted by molar-refractivity contribution is -0.0731. The predicted molar refractivity (Wildman–Crippen MR) is 255 cm³/mol. The van der Waals surface area contributed by atoms with Crippen LogP contribution in [0, 0.1) is 0 Å². The summed E-state index contributed by atoms with van der Waals surface area (Å²) in [5.41, 5.74) is 9.19. The van der Waals surface area contributed by atoms with Gasteiger partial charge in [-0.1, -0.05) is 27.7 Å². The largest absolute Gasteiger partial charge is 0.374 e. The number of rotatable bonds is 18. The van der Waals surface area contributed by atoms with Gasteiger partial charge in [0.15, 0.2) is 11.6 Å². The van der Waals surface area contributed by atoms with Crippen LogP contribution in [0.3, 0.4) is 0 Å². The van der Waals surface area contributed by atoms with E-state index in [1.54, 1.807) is 34.4 Å². The van der Waals surface area contributed by atoms with Gasteiger partial charge in [0, 0.05) is 73.2 Å². The maximum atomic E-state index is 12.4. The second kappa shape index (κ2) is 21.3. The fraction of sp³-hybridized carbons (Fsp3) is 0.375. The topological polar surface area (TPSA) is 197 Å². The Labute approximate surface area is 392 Å². The van der Waals surface area contributed by atoms with Gasteiger partial charge in [0.2, 0.25) is 0 Å². The monoisotopic (exact) mass is 924 g/mol. The number of fused-ring (bicyclic) bond motifs is 2. The van der Waals surface area contributed by atoms with Crippen molar-refractivity contribution in [1.29, 1.82) is 0 Å². The number of nitrogens with one attached hydrogen (secondary N) is 3. The molecule has 8 aromatic heterocycles. The zero-order valence-electron chi connectivity index (χ0n) is 38.4. The van der Waals surface area contributed by atoms with Gasteiger partial charge in [-0.05, 0) is 71.5 Å². The number of nitrogens with zero attached hydrogens (tertiary/aromatic N) is 13. The van der Waals surface area contributed by atoms with Gasteiger partial charge >= 0.3 is 0 Å². The van der Waals surface area contributed by atoms with E-state index in [1.165, 1.54) is 0 Å². The predicted octanol–water partition coefficient (Wildman–Crippen LogP) is 7.25. The molecule has 10 rings (SSSR count). The van der Waals surface area contributed by atoms with Crippen molar-refractivity contribution >= 4 is 45.3 Å². The number of pyridine rings is 4. The van der Waals surface area contributed by atoms with Crippen molar-refractivity contribution in [1.82, 2.24) is 70.1 Å². The number of likely N-dealkylation sites (tertiary alicyclic amines) is 1. The Balaban J connectivity index is 0.000000171. The molecule has 3 N–H and O–H groups in total. The molecule has 0 unspecified atom stereocenters. The molecule has 2 fully saturated rings. The van der Waals surface area contributed by atoms with Crippen molar-refractivity contribution in [2.45, 2.75) is 71.3 Å². The molecule has 2 saturated heterocycles. The van der Waals surface area contributed by atoms with Crippen molar-refractivity contribution in [3.63, 3.8) is 0 Å². The molecule has 2 aliphatic heterocycles. The summed E-state index contributed by atoms with van der Waals surface area (Å²) in [5.74, 6) is 3.41. The summed E-state index contributed by atoms with van der Waals surface area (Å²) in [5, 5.41) is 35.0. The zero-order chi connectivity index (χ0) is 47.0. The maximum Gasteiger partial charge on any atom is 0.251 e. The molecule has 10 heterocycles. The van der Waals surface area contributed by atoms with Crippen LogP contribution in [0.1, 0.15) is 50.7 Å². The summed E-state index contributed by atoms with van der Waals surface area (Å²) in [6.07, 6.45) is 12.8. The van der Waals surface area contributed by atoms with Crippen molar-refractivity contribution < 1.29 is 18.3 Å². The van der Waals surface area contributed by atoms with E-state index in [0.717, 1.165) is 75.1 Å². The SMILES string of the molecule is CC(C)c1cnnc(Nc2ccc3ncc(-c4cnn(CCOC5CN(CC(F)F)C5)c4)cc3n2)c1.CC(C)c1cnnc(Nc2ccc3ncc(-c4cnn(CCOC5CNC5)c4)cc3n2)c1. The van der Waals surface area contributed by atoms with Crippen molar-refractivity contribution in [3.05, 3.63) is 109 Å². The molecule has 0 atom stereocenters. The highest BCUT2D eigenvalue weighted by Crippen LogP contribution is 2.26. The number of hydrogen-bond acceptors (Lipinski definition) is 16. The summed E-state index contributed by atoms with van der Waals surface area (Å²) in [6.45, 7) is 13.7. The minimum atomic E-state index is -2.30. The van der Waals surface area contributed by atoms with E-state index in [-0.39, 0.29) is 12.6 Å². The second-order valence-electron chi connectivity index (χ2n) is 17.5. The fourth-order valence-corrected chi connectivity index (χ4v) is 7.50. The third-order valence-electron chi connectivity index (χ3n) is 11.6. The van der Waals surface area contributed by atoms with Gasteiger partial charge in [0.25, 0.3) is 6.43 Å². The molecule has 0 spiro atoms. The number of ether oxygens (including phenoxy) is 2. The second-order valence-corrected chi connectivity index (χ2v) is 17.5. The van der Waals surface area contributed by atoms with Gasteiger partial charge in [-0.3, -0.25) is 24.2 Å². The quantitative estimate of drug-likeness (QED) is 0.0777. The van der Waals surface area contributed by atoms with Gasteiger partial charge in [0.05, 0.1) is 91.9 Å². The van der Waals surface area contributed by atoms with E-state index in [0.29, 0.717) is 74.1 Å². The highest BCUT2D eigenvalue weighted by molar-refractivity contribution is 5.83. The van der Waals surface area contributed by atoms with Crippen LogP contribution < -0.4 is 16.0 Å². The summed E-state index contributed by atoms with van der Waals surface area (Å²) in [6, 6.07) is 15.6. The summed E-state index contributed by atoms with van der Waals surface area (Å²) in [7, 11) is 0. The van der Waals surface area contributed by atoms with Crippen LogP contribution in [0.4, 0.5) is 32.1 Å². The molecule has 0 radical (unpaired) electrons. The fourth-order valence-electron chi connectivity index (χ4n) is 7.50. The molecule has 0 bridgehead atoms. The minimum absolute atomic E-state index is 0.0104. The van der Waals surface area contributed by atoms with E-state index in [4.69, 9.17) is 19.4 Å². The first-order chi connectivity index (χ1) is 33.1. The molecular weight excluding hydrogens is 871 g/mol. The minimum Gasteiger partial charge on any atom is -0.374 e. The first-order valence-electron chi connectivity index (χ1n) is 22.8. The van der Waals surface area contributed by atoms with Gasteiger partial charge in [-0.2, -0.15) is 20.4 Å². The van der Waals surface area contributed by atoms with Crippen LogP contribution in [0.15, 0.2) is 98.1 Å². The van der Waals surface area contributed by atoms with Crippen molar-refractivity contribution in [2.75, 3.05) is 56.6 Å². The summed E-state index contributed by atoms with van der Waals surface area (Å²) in [4.78, 5) is 20.2. The Morgan fingerprint density at radius 3 is 1.56 bits per heavy atom. The van der Waals surface area contributed by atoms with Crippen LogP contribution in [0.25, 0.3) is 44.3 Å². The van der Waals surface area contributed by atoms with Crippen LogP contribution in [-0.2, 0) is 22.6 Å². The molecule has 2 aliphatic rings. The van der Waals surface area contributed by atoms with Crippen LogP contribution in [0.2, 0.25) is 0 Å². The van der Waals surface area contributed by atoms with Gasteiger partial charge in [-0.25, -0.2) is 18.7 Å². The normalized spacial score (nSPS) is 14.4. The number of aromatic nitrogens is 12. The molecule has 0 saturated carbocycles. The molecule has 18 nitrogen and oxygen atoms in total. The van der Waals surface area contributed by atoms with E-state index >= 15 is 0 Å². The average molecular weight is 925 g/mol. The van der Waals surface area contributed by atoms with E-state index in [9.17, 15) is 8.78 Å². The van der Waals surface area contributed by atoms with Gasteiger partial charge in [0.1, 0.15) is 11.6 Å². The lowest BCUT2D eigenvalue weighted by Crippen LogP contribution is -2.53. The number of alkyl halides is 2. The number of halogens is 2. The third kappa shape index (κ3) is 11.9. The van der Waals surface area contributed by atoms with Crippen LogP contribution in [0.5, 0.6) is 0 Å². The first-order valence-corrected chi connectivity index (χ1v) is 22.8. The Hall–Kier alpha value is -7.00. The molecule has 20 heteroatoms. The molecule has 0 aliphatic carbocycles. The van der Waals surface area contributed by atoms with Crippen molar-refractivity contribution in [2.24, 2.45) is 0 Å². The highest BCUT2D eigenvalue weighted by atomic mass is 19.3. The van der Waals surface area contributed by atoms with E-state index < -0.39 is 6.43 Å². The Morgan fingerprint density at radius 2 is 1.10 bits per heavy atom. The molecule has 68 heavy (non-hydrogen) atoms. The van der Waals surface area contributed by atoms with Crippen molar-refractivity contribution in [3.8, 4) is 22.3 Å². The highest BCUT2D eigenvalue weighted by Gasteiger charge is 2.29. The number of hydrogen-bond donors (Lipinski definition) is 3. The number of anilines is 4. The smallest absolute Gasteiger partial charge is 0.251 e. The summed E-state index contributed by atoms with van der Waals surface area (Å²) < 4.78 is 40.0. The van der Waals surface area contributed by atoms with Crippen LogP contribution >= 0.6 is 0 Å². The van der Waals surface area contributed by atoms with Gasteiger partial charge < -0.3 is 25.4 Å². The Bertz CT molecular complexity index is 2940. The molecule has 0 amide bonds. The lowest BCUT2D eigenvalue weighted by atomic mass is 10.1. The zero-order valence-corrected chi connectivity index (χ0v) is 38.4. The lowest BCUT2D eigenvalue weighted by Gasteiger charge is -2.38. The van der Waals surface area contributed by atoms with E-state index in [1.807, 2.05) is 78.0 Å². The molecular formula is C48H54F2N16O2. The molecule has 352 valence electrons. The third-order valence-corrected chi connectivity index (χ3v) is 11.6. The standard InChI is InChI=1S/C25H28F2N8O.C23H26N8O/c1-16(2)17-8-25(33-29-10-17)32-24-4-3-21-22(31-24)7-18(9-28-21)19-11-30-35(12-19)5-6-36-20-13-34(14-20)15-23(26)27;1-15(2)16-8-23(30-26-10-16)29-22-4-3-20-21(28-22)7-17(9-25-20)18-11-27-31(14-18)5-6-32-19-12-24-13-19/h3-4,7-12,16,20,23H,5-6,13-15H2,1-2H3,(H,31,32,33);3-4,7-11,14-15,19,24H,5-6,12-13H2,1-2H3,(H,28,29,30). The van der Waals surface area contributed by atoms with E-state index in [2.05, 4.69) is 84.2 Å². The van der Waals surface area contributed by atoms with Gasteiger partial charge in [-0.15, -0.1) is 10.2 Å². The average Bonchev–Trinajstić information content (AvgIpc) is 3.99. The summed E-state index contributed by atoms with van der Waals surface area (Å²) >= 11 is 0. The Morgan fingerprint density at radius 1 is 0.603 bits per heavy atom. The first kappa shape index (κ1) is 46.1. The Kier molecular flexibility index (Phi) is 14.5. The van der Waals surface area contributed by atoms with Crippen LogP contribution in [-0.4, -0.2) is 129 Å². The maximum absolute atomic E-state index is 12.4.